The van der Waals surface area contributed by atoms with Crippen molar-refractivity contribution in [1.29, 1.82) is 0 Å². The summed E-state index contributed by atoms with van der Waals surface area (Å²) in [5.74, 6) is -0.365. The molecular formula is C11H18Cl3NO3. The summed E-state index contributed by atoms with van der Waals surface area (Å²) in [6.45, 7) is 4.52. The van der Waals surface area contributed by atoms with Crippen LogP contribution in [0.15, 0.2) is 12.2 Å². The van der Waals surface area contributed by atoms with Crippen LogP contribution in [0.4, 0.5) is 0 Å². The Balaban J connectivity index is 4.08. The molecule has 0 unspecified atom stereocenters. The van der Waals surface area contributed by atoms with Crippen LogP contribution in [0.1, 0.15) is 13.8 Å². The van der Waals surface area contributed by atoms with Crippen molar-refractivity contribution in [3.63, 3.8) is 0 Å². The van der Waals surface area contributed by atoms with Crippen molar-refractivity contribution >= 4 is 40.7 Å². The number of amides is 1. The van der Waals surface area contributed by atoms with Gasteiger partial charge in [-0.25, -0.2) is 0 Å². The van der Waals surface area contributed by atoms with E-state index in [-0.39, 0.29) is 19.4 Å². The van der Waals surface area contributed by atoms with Crippen molar-refractivity contribution in [2.24, 2.45) is 5.92 Å². The summed E-state index contributed by atoms with van der Waals surface area (Å²) in [6.07, 6.45) is 3.49. The third-order valence-corrected chi connectivity index (χ3v) is 2.51. The van der Waals surface area contributed by atoms with Gasteiger partial charge in [0.25, 0.3) is 9.70 Å². The van der Waals surface area contributed by atoms with E-state index in [4.69, 9.17) is 44.3 Å². The molecule has 1 atom stereocenters. The normalized spacial score (nSPS) is 14.2. The van der Waals surface area contributed by atoms with Gasteiger partial charge >= 0.3 is 0 Å². The number of methoxy groups -OCH3 is 1. The van der Waals surface area contributed by atoms with Gasteiger partial charge in [-0.2, -0.15) is 0 Å². The fourth-order valence-corrected chi connectivity index (χ4v) is 1.27. The van der Waals surface area contributed by atoms with Gasteiger partial charge in [0.15, 0.2) is 0 Å². The second kappa shape index (κ2) is 8.99. The van der Waals surface area contributed by atoms with Crippen molar-refractivity contribution in [3.05, 3.63) is 12.2 Å². The van der Waals surface area contributed by atoms with Crippen LogP contribution in [0.25, 0.3) is 0 Å². The summed E-state index contributed by atoms with van der Waals surface area (Å²) in [4.78, 5) is 11.2. The maximum atomic E-state index is 11.2. The SMILES string of the molecule is COCO[C@H](/C=C/CNC(=O)C(Cl)(Cl)Cl)C(C)C. The second-order valence-corrected chi connectivity index (χ2v) is 6.20. The summed E-state index contributed by atoms with van der Waals surface area (Å²) in [6, 6.07) is 0. The summed E-state index contributed by atoms with van der Waals surface area (Å²) in [5.41, 5.74) is 0. The lowest BCUT2D eigenvalue weighted by atomic mass is 10.1. The van der Waals surface area contributed by atoms with Crippen LogP contribution in [-0.4, -0.2) is 36.3 Å². The molecule has 0 spiro atoms. The average molecular weight is 319 g/mol. The number of hydrogen-bond acceptors (Lipinski definition) is 3. The zero-order valence-electron chi connectivity index (χ0n) is 10.6. The Bertz CT molecular complexity index is 277. The maximum Gasteiger partial charge on any atom is 0.272 e. The molecule has 1 N–H and O–H groups in total. The summed E-state index contributed by atoms with van der Waals surface area (Å²) >= 11 is 16.2. The molecule has 0 radical (unpaired) electrons. The van der Waals surface area contributed by atoms with Gasteiger partial charge in [0.1, 0.15) is 6.79 Å². The first kappa shape index (κ1) is 18.0. The van der Waals surface area contributed by atoms with Gasteiger partial charge in [-0.05, 0) is 5.92 Å². The van der Waals surface area contributed by atoms with Gasteiger partial charge in [0, 0.05) is 13.7 Å². The van der Waals surface area contributed by atoms with Crippen LogP contribution in [0.2, 0.25) is 0 Å². The van der Waals surface area contributed by atoms with Gasteiger partial charge in [0.05, 0.1) is 6.10 Å². The van der Waals surface area contributed by atoms with E-state index in [9.17, 15) is 4.79 Å². The quantitative estimate of drug-likeness (QED) is 0.446. The molecular weight excluding hydrogens is 300 g/mol. The van der Waals surface area contributed by atoms with Crippen LogP contribution in [-0.2, 0) is 14.3 Å². The van der Waals surface area contributed by atoms with Crippen LogP contribution < -0.4 is 5.32 Å². The standard InChI is InChI=1S/C11H18Cl3NO3/c1-8(2)9(18-7-17-3)5-4-6-15-10(16)11(12,13)14/h4-5,8-9H,6-7H2,1-3H3,(H,15,16)/b5-4+/t9-/m1/s1. The predicted octanol–water partition coefficient (Wildman–Crippen LogP) is 2.67. The first-order valence-corrected chi connectivity index (χ1v) is 6.54. The molecule has 0 aliphatic carbocycles. The van der Waals surface area contributed by atoms with Gasteiger partial charge in [0.2, 0.25) is 0 Å². The Labute approximate surface area is 123 Å². The minimum absolute atomic E-state index is 0.0883. The number of alkyl halides is 3. The van der Waals surface area contributed by atoms with Crippen LogP contribution in [0.3, 0.4) is 0 Å². The largest absolute Gasteiger partial charge is 0.359 e. The summed E-state index contributed by atoms with van der Waals surface area (Å²) in [7, 11) is 1.56. The first-order valence-electron chi connectivity index (χ1n) is 5.41. The minimum Gasteiger partial charge on any atom is -0.359 e. The number of carbonyl (C=O) groups excluding carboxylic acids is 1. The summed E-state index contributed by atoms with van der Waals surface area (Å²) in [5, 5.41) is 2.46. The van der Waals surface area contributed by atoms with Crippen LogP contribution in [0.5, 0.6) is 0 Å². The summed E-state index contributed by atoms with van der Waals surface area (Å²) < 4.78 is 8.33. The molecule has 106 valence electrons. The zero-order valence-corrected chi connectivity index (χ0v) is 12.9. The van der Waals surface area contributed by atoms with Gasteiger partial charge in [-0.15, -0.1) is 0 Å². The molecule has 4 nitrogen and oxygen atoms in total. The number of hydrogen-bond donors (Lipinski definition) is 1. The van der Waals surface area contributed by atoms with Crippen LogP contribution in [0, 0.1) is 5.92 Å². The minimum atomic E-state index is -1.93. The van der Waals surface area contributed by atoms with E-state index in [1.54, 1.807) is 13.2 Å². The van der Waals surface area contributed by atoms with E-state index in [0.717, 1.165) is 0 Å². The van der Waals surface area contributed by atoms with Crippen molar-refractivity contribution in [2.75, 3.05) is 20.4 Å². The molecule has 0 saturated heterocycles. The number of rotatable bonds is 7. The number of halogens is 3. The molecule has 7 heteroatoms. The molecule has 18 heavy (non-hydrogen) atoms. The fourth-order valence-electron chi connectivity index (χ4n) is 1.07. The Kier molecular flexibility index (Phi) is 8.99. The number of ether oxygens (including phenoxy) is 2. The molecule has 0 aliphatic heterocycles. The van der Waals surface area contributed by atoms with Crippen molar-refractivity contribution < 1.29 is 14.3 Å². The highest BCUT2D eigenvalue weighted by Crippen LogP contribution is 2.25. The predicted molar refractivity (Wildman–Crippen MR) is 74.0 cm³/mol. The Morgan fingerprint density at radius 3 is 2.44 bits per heavy atom. The molecule has 1 amide bonds. The molecule has 0 fully saturated rings. The Morgan fingerprint density at radius 1 is 1.39 bits per heavy atom. The van der Waals surface area contributed by atoms with E-state index in [1.807, 2.05) is 19.9 Å². The van der Waals surface area contributed by atoms with E-state index < -0.39 is 9.70 Å². The second-order valence-electron chi connectivity index (χ2n) is 3.92. The number of nitrogens with one attached hydrogen (secondary N) is 1. The van der Waals surface area contributed by atoms with Crippen molar-refractivity contribution in [2.45, 2.75) is 23.7 Å². The highest BCUT2D eigenvalue weighted by Gasteiger charge is 2.29. The monoisotopic (exact) mass is 317 g/mol. The molecule has 0 aliphatic rings. The fraction of sp³-hybridized carbons (Fsp3) is 0.727. The molecule has 0 aromatic rings. The zero-order chi connectivity index (χ0) is 14.2. The highest BCUT2D eigenvalue weighted by atomic mass is 35.6. The van der Waals surface area contributed by atoms with E-state index >= 15 is 0 Å². The number of carbonyl (C=O) groups is 1. The molecule has 0 bridgehead atoms. The molecule has 0 aromatic carbocycles. The lowest BCUT2D eigenvalue weighted by Gasteiger charge is -2.17. The highest BCUT2D eigenvalue weighted by molar-refractivity contribution is 6.76. The molecule has 0 rings (SSSR count). The smallest absolute Gasteiger partial charge is 0.272 e. The topological polar surface area (TPSA) is 47.6 Å². The van der Waals surface area contributed by atoms with E-state index in [2.05, 4.69) is 5.32 Å². The third-order valence-electron chi connectivity index (χ3n) is 2.00. The molecule has 0 aromatic heterocycles. The van der Waals surface area contributed by atoms with Crippen LogP contribution >= 0.6 is 34.8 Å². The third kappa shape index (κ3) is 8.16. The Morgan fingerprint density at radius 2 is 2.00 bits per heavy atom. The molecule has 0 heterocycles. The van der Waals surface area contributed by atoms with Crippen molar-refractivity contribution in [3.8, 4) is 0 Å². The first-order chi connectivity index (χ1) is 8.29. The average Bonchev–Trinajstić information content (AvgIpc) is 2.25. The Hall–Kier alpha value is -0.000000000000000111. The lowest BCUT2D eigenvalue weighted by Crippen LogP contribution is -2.34. The van der Waals surface area contributed by atoms with Crippen molar-refractivity contribution in [1.82, 2.24) is 5.32 Å². The van der Waals surface area contributed by atoms with E-state index in [1.165, 1.54) is 0 Å². The molecule has 0 saturated carbocycles. The van der Waals surface area contributed by atoms with Gasteiger partial charge in [-0.1, -0.05) is 60.8 Å². The van der Waals surface area contributed by atoms with Gasteiger partial charge in [-0.3, -0.25) is 4.79 Å². The van der Waals surface area contributed by atoms with Gasteiger partial charge < -0.3 is 14.8 Å². The lowest BCUT2D eigenvalue weighted by molar-refractivity contribution is -0.120. The maximum absolute atomic E-state index is 11.2. The van der Waals surface area contributed by atoms with E-state index in [0.29, 0.717) is 5.92 Å².